The molecule has 1 aliphatic rings. The van der Waals surface area contributed by atoms with Gasteiger partial charge in [0.05, 0.1) is 24.2 Å². The van der Waals surface area contributed by atoms with E-state index in [-0.39, 0.29) is 5.91 Å². The van der Waals surface area contributed by atoms with Crippen LogP contribution in [-0.2, 0) is 24.3 Å². The van der Waals surface area contributed by atoms with Crippen LogP contribution in [0.3, 0.4) is 0 Å². The van der Waals surface area contributed by atoms with Crippen molar-refractivity contribution >= 4 is 17.7 Å². The van der Waals surface area contributed by atoms with Gasteiger partial charge in [0.2, 0.25) is 5.91 Å². The van der Waals surface area contributed by atoms with E-state index in [2.05, 4.69) is 63.2 Å². The van der Waals surface area contributed by atoms with Crippen molar-refractivity contribution < 1.29 is 4.79 Å². The highest BCUT2D eigenvalue weighted by Gasteiger charge is 2.16. The molecule has 0 bridgehead atoms. The number of benzene rings is 1. The second-order valence-corrected chi connectivity index (χ2v) is 8.16. The summed E-state index contributed by atoms with van der Waals surface area (Å²) in [6.45, 7) is 5.85. The standard InChI is InChI=1S/C20H24N6OS/c1-14(2)15-5-7-16(8-6-15)26-13-23-24-20(26)28-12-19(27)22-11-17-10-21-18-4-3-9-25(17)18/h5-8,10,13-14H,3-4,9,11-12H2,1-2H3,(H,22,27). The molecule has 1 N–H and O–H groups in total. The van der Waals surface area contributed by atoms with Crippen molar-refractivity contribution in [2.45, 2.75) is 50.9 Å². The second kappa shape index (κ2) is 8.18. The number of amides is 1. The zero-order valence-corrected chi connectivity index (χ0v) is 16.9. The molecular formula is C20H24N6OS. The van der Waals surface area contributed by atoms with Crippen molar-refractivity contribution in [1.82, 2.24) is 29.6 Å². The fourth-order valence-electron chi connectivity index (χ4n) is 3.35. The van der Waals surface area contributed by atoms with Gasteiger partial charge in [-0.2, -0.15) is 0 Å². The summed E-state index contributed by atoms with van der Waals surface area (Å²) < 4.78 is 4.11. The minimum absolute atomic E-state index is 0.0248. The molecule has 2 aromatic heterocycles. The molecule has 0 saturated carbocycles. The van der Waals surface area contributed by atoms with Crippen LogP contribution in [-0.4, -0.2) is 36.0 Å². The largest absolute Gasteiger partial charge is 0.350 e. The van der Waals surface area contributed by atoms with Crippen LogP contribution < -0.4 is 5.32 Å². The summed E-state index contributed by atoms with van der Waals surface area (Å²) in [5.74, 6) is 1.88. The van der Waals surface area contributed by atoms with Crippen LogP contribution in [0, 0.1) is 0 Å². The summed E-state index contributed by atoms with van der Waals surface area (Å²) in [7, 11) is 0. The Morgan fingerprint density at radius 1 is 1.29 bits per heavy atom. The Kier molecular flexibility index (Phi) is 5.47. The number of aryl methyl sites for hydroxylation is 1. The lowest BCUT2D eigenvalue weighted by Crippen LogP contribution is -2.25. The number of nitrogens with zero attached hydrogens (tertiary/aromatic N) is 5. The van der Waals surface area contributed by atoms with Crippen molar-refractivity contribution in [3.63, 3.8) is 0 Å². The lowest BCUT2D eigenvalue weighted by Gasteiger charge is -2.10. The molecule has 7 nitrogen and oxygen atoms in total. The van der Waals surface area contributed by atoms with Gasteiger partial charge in [0.15, 0.2) is 5.16 Å². The summed E-state index contributed by atoms with van der Waals surface area (Å²) in [6, 6.07) is 8.35. The van der Waals surface area contributed by atoms with E-state index >= 15 is 0 Å². The highest BCUT2D eigenvalue weighted by molar-refractivity contribution is 7.99. The smallest absolute Gasteiger partial charge is 0.230 e. The van der Waals surface area contributed by atoms with Gasteiger partial charge in [-0.15, -0.1) is 10.2 Å². The quantitative estimate of drug-likeness (QED) is 0.621. The van der Waals surface area contributed by atoms with Crippen LogP contribution in [0.5, 0.6) is 0 Å². The number of imidazole rings is 1. The molecule has 0 saturated heterocycles. The zero-order valence-electron chi connectivity index (χ0n) is 16.1. The van der Waals surface area contributed by atoms with Crippen molar-refractivity contribution in [2.24, 2.45) is 0 Å². The molecule has 8 heteroatoms. The molecule has 0 radical (unpaired) electrons. The number of carbonyl (C=O) groups is 1. The number of hydrogen-bond donors (Lipinski definition) is 1. The van der Waals surface area contributed by atoms with Crippen LogP contribution in [0.25, 0.3) is 5.69 Å². The van der Waals surface area contributed by atoms with E-state index in [1.807, 2.05) is 10.8 Å². The predicted molar refractivity (Wildman–Crippen MR) is 109 cm³/mol. The SMILES string of the molecule is CC(C)c1ccc(-n2cnnc2SCC(=O)NCc2cnc3n2CCC3)cc1. The maximum Gasteiger partial charge on any atom is 0.230 e. The van der Waals surface area contributed by atoms with Gasteiger partial charge in [-0.1, -0.05) is 37.7 Å². The predicted octanol–water partition coefficient (Wildman–Crippen LogP) is 2.94. The molecule has 4 rings (SSSR count). The molecule has 0 aliphatic carbocycles. The van der Waals surface area contributed by atoms with Gasteiger partial charge in [-0.25, -0.2) is 4.98 Å². The summed E-state index contributed by atoms with van der Waals surface area (Å²) in [5, 5.41) is 11.9. The topological polar surface area (TPSA) is 77.6 Å². The first-order valence-corrected chi connectivity index (χ1v) is 10.5. The van der Waals surface area contributed by atoms with Crippen LogP contribution in [0.2, 0.25) is 0 Å². The average Bonchev–Trinajstić information content (AvgIpc) is 3.42. The minimum atomic E-state index is -0.0248. The molecule has 1 amide bonds. The fraction of sp³-hybridized carbons (Fsp3) is 0.400. The molecule has 0 atom stereocenters. The Balaban J connectivity index is 1.34. The first-order chi connectivity index (χ1) is 13.6. The number of hydrogen-bond acceptors (Lipinski definition) is 5. The lowest BCUT2D eigenvalue weighted by atomic mass is 10.0. The molecule has 0 spiro atoms. The molecule has 146 valence electrons. The molecule has 0 unspecified atom stereocenters. The maximum absolute atomic E-state index is 12.3. The zero-order chi connectivity index (χ0) is 19.5. The van der Waals surface area contributed by atoms with E-state index in [0.717, 1.165) is 36.6 Å². The fourth-order valence-corrected chi connectivity index (χ4v) is 4.11. The van der Waals surface area contributed by atoms with Crippen LogP contribution in [0.1, 0.15) is 43.3 Å². The lowest BCUT2D eigenvalue weighted by molar-refractivity contribution is -0.118. The maximum atomic E-state index is 12.3. The molecular weight excluding hydrogens is 372 g/mol. The van der Waals surface area contributed by atoms with Crippen molar-refractivity contribution in [3.8, 4) is 5.69 Å². The third-order valence-corrected chi connectivity index (χ3v) is 5.90. The molecule has 0 fully saturated rings. The number of fused-ring (bicyclic) bond motifs is 1. The van der Waals surface area contributed by atoms with Crippen LogP contribution >= 0.6 is 11.8 Å². The number of rotatable bonds is 7. The highest BCUT2D eigenvalue weighted by atomic mass is 32.2. The summed E-state index contributed by atoms with van der Waals surface area (Å²) >= 11 is 1.38. The Morgan fingerprint density at radius 3 is 2.89 bits per heavy atom. The van der Waals surface area contributed by atoms with Gasteiger partial charge in [0.25, 0.3) is 0 Å². The molecule has 3 aromatic rings. The van der Waals surface area contributed by atoms with Crippen LogP contribution in [0.15, 0.2) is 41.9 Å². The van der Waals surface area contributed by atoms with E-state index in [4.69, 9.17) is 0 Å². The normalized spacial score (nSPS) is 13.1. The summed E-state index contributed by atoms with van der Waals surface area (Å²) in [6.07, 6.45) is 5.70. The Bertz CT molecular complexity index is 959. The highest BCUT2D eigenvalue weighted by Crippen LogP contribution is 2.22. The minimum Gasteiger partial charge on any atom is -0.350 e. The molecule has 28 heavy (non-hydrogen) atoms. The Hall–Kier alpha value is -2.61. The summed E-state index contributed by atoms with van der Waals surface area (Å²) in [5.41, 5.74) is 3.35. The van der Waals surface area contributed by atoms with Crippen molar-refractivity contribution in [1.29, 1.82) is 0 Å². The van der Waals surface area contributed by atoms with Crippen molar-refractivity contribution in [3.05, 3.63) is 53.9 Å². The second-order valence-electron chi connectivity index (χ2n) is 7.22. The van der Waals surface area contributed by atoms with Gasteiger partial charge in [0.1, 0.15) is 12.2 Å². The van der Waals surface area contributed by atoms with E-state index in [1.165, 1.54) is 17.3 Å². The number of carbonyl (C=O) groups excluding carboxylic acids is 1. The summed E-state index contributed by atoms with van der Waals surface area (Å²) in [4.78, 5) is 16.7. The molecule has 1 aromatic carbocycles. The van der Waals surface area contributed by atoms with E-state index < -0.39 is 0 Å². The number of nitrogens with one attached hydrogen (secondary N) is 1. The monoisotopic (exact) mass is 396 g/mol. The van der Waals surface area contributed by atoms with Gasteiger partial charge in [0, 0.05) is 18.7 Å². The Morgan fingerprint density at radius 2 is 2.11 bits per heavy atom. The molecule has 3 heterocycles. The third kappa shape index (κ3) is 3.96. The average molecular weight is 397 g/mol. The third-order valence-electron chi connectivity index (χ3n) is 4.96. The first kappa shape index (κ1) is 18.7. The van der Waals surface area contributed by atoms with Gasteiger partial charge in [-0.05, 0) is 30.0 Å². The van der Waals surface area contributed by atoms with E-state index in [1.54, 1.807) is 6.33 Å². The van der Waals surface area contributed by atoms with Crippen molar-refractivity contribution in [2.75, 3.05) is 5.75 Å². The number of thioether (sulfide) groups is 1. The van der Waals surface area contributed by atoms with Gasteiger partial charge in [-0.3, -0.25) is 9.36 Å². The van der Waals surface area contributed by atoms with E-state index in [9.17, 15) is 4.79 Å². The van der Waals surface area contributed by atoms with E-state index in [0.29, 0.717) is 23.4 Å². The Labute approximate surface area is 168 Å². The van der Waals surface area contributed by atoms with Gasteiger partial charge >= 0.3 is 0 Å². The molecule has 1 aliphatic heterocycles. The first-order valence-electron chi connectivity index (χ1n) is 9.55. The van der Waals surface area contributed by atoms with Crippen LogP contribution in [0.4, 0.5) is 0 Å². The van der Waals surface area contributed by atoms with Gasteiger partial charge < -0.3 is 9.88 Å². The number of aromatic nitrogens is 5.